The van der Waals surface area contributed by atoms with Crippen LogP contribution in [0.15, 0.2) is 97.6 Å². The number of hydrogen-bond donors (Lipinski definition) is 0. The van der Waals surface area contributed by atoms with Gasteiger partial charge in [-0.2, -0.15) is 0 Å². The third kappa shape index (κ3) is 15.0. The maximum atomic E-state index is 9.87. The zero-order valence-corrected chi connectivity index (χ0v) is 47.7. The van der Waals surface area contributed by atoms with Crippen molar-refractivity contribution >= 4 is 49.3 Å². The minimum absolute atomic E-state index is 0. The second-order valence-corrected chi connectivity index (χ2v) is 23.4. The molecule has 2 heterocycles. The minimum Gasteiger partial charge on any atom is 1.00 e. The van der Waals surface area contributed by atoms with E-state index in [9.17, 15) is 25.2 Å². The summed E-state index contributed by atoms with van der Waals surface area (Å²) in [6.45, 7) is 36.5. The molecule has 0 N–H and O–H groups in total. The van der Waals surface area contributed by atoms with E-state index < -0.39 is 7.81 Å². The van der Waals surface area contributed by atoms with E-state index in [1.807, 2.05) is 0 Å². The number of nitrogens with zero attached hydrogens (tertiary/aromatic N) is 4. The molecule has 2 aromatic heterocycles. The number of para-hydroxylation sites is 4. The van der Waals surface area contributed by atoms with Gasteiger partial charge in [-0.15, -0.1) is 0 Å². The first-order valence-electron chi connectivity index (χ1n) is 23.4. The molecule has 0 radical (unpaired) electrons. The molecule has 0 aliphatic heterocycles. The van der Waals surface area contributed by atoms with Crippen molar-refractivity contribution in [2.45, 2.75) is 158 Å². The van der Waals surface area contributed by atoms with Gasteiger partial charge >= 0.3 is 433 Å². The fourth-order valence-electron chi connectivity index (χ4n) is 8.59. The third-order valence-corrected chi connectivity index (χ3v) is 13.5. The smallest absolute Gasteiger partial charge is 1.00 e. The number of hydrogen-bond acceptors (Lipinski definition) is 0. The quantitative estimate of drug-likeness (QED) is 0.0503. The summed E-state index contributed by atoms with van der Waals surface area (Å²) in [5.41, 5.74) is 16.4. The second-order valence-electron chi connectivity index (χ2n) is 20.0. The third-order valence-electron chi connectivity index (χ3n) is 11.9. The van der Waals surface area contributed by atoms with Gasteiger partial charge in [-0.1, -0.05) is 0 Å². The van der Waals surface area contributed by atoms with E-state index >= 15 is 0 Å². The van der Waals surface area contributed by atoms with Crippen LogP contribution in [0.2, 0.25) is 0 Å². The summed E-state index contributed by atoms with van der Waals surface area (Å²) in [5, 5.41) is 0. The van der Waals surface area contributed by atoms with Crippen LogP contribution in [-0.4, -0.2) is 41.2 Å². The summed E-state index contributed by atoms with van der Waals surface area (Å²) in [5.74, 6) is 3.69. The Morgan fingerprint density at radius 2 is 0.544 bits per heavy atom. The first-order valence-corrected chi connectivity index (χ1v) is 27.2. The van der Waals surface area contributed by atoms with Crippen LogP contribution in [-0.2, 0) is 17.1 Å². The van der Waals surface area contributed by atoms with Gasteiger partial charge in [0.05, 0.1) is 0 Å². The normalized spacial score (nSPS) is 13.0. The molecule has 0 spiro atoms. The van der Waals surface area contributed by atoms with Gasteiger partial charge in [-0.05, 0) is 0 Å². The van der Waals surface area contributed by atoms with Crippen LogP contribution in [0.3, 0.4) is 0 Å². The summed E-state index contributed by atoms with van der Waals surface area (Å²) in [6, 6.07) is 27.0. The van der Waals surface area contributed by atoms with Gasteiger partial charge in [-0.3, -0.25) is 0 Å². The van der Waals surface area contributed by atoms with Gasteiger partial charge in [0.2, 0.25) is 0 Å². The Kier molecular flexibility index (Phi) is 19.6. The Hall–Kier alpha value is -3.13. The monoisotopic (exact) mass is 1140 g/mol. The summed E-state index contributed by atoms with van der Waals surface area (Å²) in [4.78, 5) is 0. The van der Waals surface area contributed by atoms with Gasteiger partial charge in [0, 0.05) is 0 Å². The summed E-state index contributed by atoms with van der Waals surface area (Å²) in [6.07, 6.45) is 8.89. The van der Waals surface area contributed by atoms with Crippen LogP contribution in [0, 0.1) is 0 Å². The molecule has 4 aromatic carbocycles. The Balaban J connectivity index is 0.000000312. The van der Waals surface area contributed by atoms with Crippen LogP contribution < -0.4 is 18.6 Å². The van der Waals surface area contributed by atoms with Crippen molar-refractivity contribution in [3.63, 3.8) is 0 Å². The van der Waals surface area contributed by atoms with E-state index in [2.05, 4.69) is 259 Å². The van der Waals surface area contributed by atoms with Crippen molar-refractivity contribution in [1.29, 1.82) is 0 Å². The van der Waals surface area contributed by atoms with E-state index in [0.29, 0.717) is 47.3 Å². The average molecular weight is 1140 g/mol. The largest absolute Gasteiger partial charge is 1.00 e. The average Bonchev–Trinajstić information content (AvgIpc) is 3.79. The number of halogens is 6. The number of benzene rings is 4. The summed E-state index contributed by atoms with van der Waals surface area (Å²) in [7, 11) is -10.7. The molecule has 6 rings (SSSR count). The van der Waals surface area contributed by atoms with Crippen LogP contribution in [0.25, 0.3) is 22.7 Å². The summed E-state index contributed by atoms with van der Waals surface area (Å²) >= 11 is 6.81. The Bertz CT molecular complexity index is 2200. The molecule has 68 heavy (non-hydrogen) atoms. The van der Waals surface area contributed by atoms with Crippen LogP contribution >= 0.6 is 7.81 Å². The minimum atomic E-state index is -10.7. The maximum Gasteiger partial charge on any atom is 1.00 e. The van der Waals surface area contributed by atoms with Crippen molar-refractivity contribution in [3.05, 3.63) is 142 Å². The fourth-order valence-corrected chi connectivity index (χ4v) is 9.87. The van der Waals surface area contributed by atoms with Crippen LogP contribution in [0.5, 0.6) is 0 Å². The molecular weight excluding hydrogens is 1070 g/mol. The molecule has 0 aliphatic rings. The maximum absolute atomic E-state index is 10.7. The molecule has 6 aromatic rings. The molecule has 14 heteroatoms. The second kappa shape index (κ2) is 22.5. The molecule has 0 aliphatic carbocycles. The SMILES string of the molecule is CC(C)c1cccc(C(C)C)c1-n1cc[n+](-c2c(C(C)C)cccc2C(C)C)c1[Se-].CC(C)c1cccc(C(C)C)c1-n1cc[n+](-c2c(C(C)C)cccc2C(C)C)c1[Se-].F[P-](F)(F)(F)(F)F.[Cu+]. The molecule has 0 atom stereocenters. The number of aromatic nitrogens is 4. The van der Waals surface area contributed by atoms with Gasteiger partial charge < -0.3 is 0 Å². The van der Waals surface area contributed by atoms with Gasteiger partial charge in [0.1, 0.15) is 0 Å². The molecule has 4 nitrogen and oxygen atoms in total. The zero-order chi connectivity index (χ0) is 50.7. The Labute approximate surface area is 430 Å². The topological polar surface area (TPSA) is 17.6 Å². The Morgan fingerprint density at radius 1 is 0.368 bits per heavy atom. The molecule has 0 amide bonds. The first kappa shape index (κ1) is 59.2. The predicted molar refractivity (Wildman–Crippen MR) is 272 cm³/mol. The van der Waals surface area contributed by atoms with E-state index in [1.165, 1.54) is 67.3 Å². The van der Waals surface area contributed by atoms with E-state index in [4.69, 9.17) is 0 Å². The standard InChI is InChI=1S/2C27H36N2Se.Cu.F6P/c2*1-17(2)21-11-9-12-22(18(3)4)25(21)28-15-16-29(27(28)30)26-23(19(5)6)13-10-14-24(26)20(7)8;;1-7(2,3,4,5)6/h2*9-20H,1-8H3;;/q;;+1;-1. The van der Waals surface area contributed by atoms with E-state index in [0.717, 1.165) is 9.45 Å². The molecule has 0 bridgehead atoms. The van der Waals surface area contributed by atoms with Gasteiger partial charge in [0.15, 0.2) is 0 Å². The van der Waals surface area contributed by atoms with Crippen molar-refractivity contribution < 1.29 is 51.4 Å². The predicted octanol–water partition coefficient (Wildman–Crippen LogP) is 15.5. The van der Waals surface area contributed by atoms with Gasteiger partial charge in [0.25, 0.3) is 0 Å². The molecule has 378 valence electrons. The number of rotatable bonds is 12. The molecule has 0 unspecified atom stereocenters. The Morgan fingerprint density at radius 3 is 0.721 bits per heavy atom. The first-order chi connectivity index (χ1) is 30.7. The van der Waals surface area contributed by atoms with Crippen molar-refractivity contribution in [2.24, 2.45) is 0 Å². The summed E-state index contributed by atoms with van der Waals surface area (Å²) < 4.78 is 70.9. The molecular formula is C54H72CuF6N4PSe2. The zero-order valence-electron chi connectivity index (χ0n) is 42.5. The molecule has 0 fully saturated rings. The van der Waals surface area contributed by atoms with Crippen molar-refractivity contribution in [2.75, 3.05) is 0 Å². The van der Waals surface area contributed by atoms with Crippen molar-refractivity contribution in [3.8, 4) is 22.7 Å². The molecule has 0 saturated heterocycles. The fraction of sp³-hybridized carbons (Fsp3) is 0.444. The number of imidazole rings is 2. The van der Waals surface area contributed by atoms with Crippen LogP contribution in [0.4, 0.5) is 25.2 Å². The van der Waals surface area contributed by atoms with E-state index in [-0.39, 0.29) is 17.1 Å². The van der Waals surface area contributed by atoms with Gasteiger partial charge in [-0.25, -0.2) is 0 Å². The van der Waals surface area contributed by atoms with Crippen LogP contribution in [0.1, 0.15) is 203 Å². The van der Waals surface area contributed by atoms with Crippen molar-refractivity contribution in [1.82, 2.24) is 9.13 Å². The molecule has 0 saturated carbocycles. The van der Waals surface area contributed by atoms with E-state index in [1.54, 1.807) is 0 Å².